The van der Waals surface area contributed by atoms with Gasteiger partial charge in [-0.15, -0.1) is 0 Å². The van der Waals surface area contributed by atoms with Gasteiger partial charge in [-0.1, -0.05) is 18.2 Å². The Labute approximate surface area is 202 Å². The Balaban J connectivity index is 1.43. The number of fused-ring (bicyclic) bond motifs is 2. The molecule has 0 bridgehead atoms. The van der Waals surface area contributed by atoms with Gasteiger partial charge in [0.1, 0.15) is 0 Å². The van der Waals surface area contributed by atoms with Crippen LogP contribution in [-0.2, 0) is 42.5 Å². The van der Waals surface area contributed by atoms with Gasteiger partial charge in [0.2, 0.25) is 5.91 Å². The van der Waals surface area contributed by atoms with Crippen molar-refractivity contribution in [3.63, 3.8) is 0 Å². The van der Waals surface area contributed by atoms with Gasteiger partial charge in [-0.25, -0.2) is 4.79 Å². The van der Waals surface area contributed by atoms with Crippen LogP contribution in [0.5, 0.6) is 0 Å². The van der Waals surface area contributed by atoms with Crippen LogP contribution in [0.2, 0.25) is 0 Å². The summed E-state index contributed by atoms with van der Waals surface area (Å²) < 4.78 is 9.38. The SMILES string of the molecule is Cn1cc(N2Cc3cccc(-c4nn(C5CCOCC5)c5c4CN(C(=O)O)CC5)c3CC2=O)cn1. The summed E-state index contributed by atoms with van der Waals surface area (Å²) in [5.41, 5.74) is 6.64. The molecule has 3 aliphatic heterocycles. The molecule has 1 N–H and O–H groups in total. The highest BCUT2D eigenvalue weighted by Gasteiger charge is 2.33. The molecule has 10 nitrogen and oxygen atoms in total. The Kier molecular flexibility index (Phi) is 5.32. The normalized spacial score (nSPS) is 18.5. The fourth-order valence-electron chi connectivity index (χ4n) is 5.56. The van der Waals surface area contributed by atoms with Gasteiger partial charge in [-0.2, -0.15) is 10.2 Å². The van der Waals surface area contributed by atoms with Crippen LogP contribution in [0, 0.1) is 0 Å². The van der Waals surface area contributed by atoms with Gasteiger partial charge >= 0.3 is 6.09 Å². The molecule has 10 heteroatoms. The summed E-state index contributed by atoms with van der Waals surface area (Å²) in [7, 11) is 1.84. The quantitative estimate of drug-likeness (QED) is 0.623. The number of benzene rings is 1. The summed E-state index contributed by atoms with van der Waals surface area (Å²) in [4.78, 5) is 28.2. The van der Waals surface area contributed by atoms with Crippen LogP contribution in [0.3, 0.4) is 0 Å². The fourth-order valence-corrected chi connectivity index (χ4v) is 5.56. The first kappa shape index (κ1) is 21.8. The van der Waals surface area contributed by atoms with Crippen molar-refractivity contribution in [3.05, 3.63) is 53.0 Å². The number of carbonyl (C=O) groups excluding carboxylic acids is 1. The highest BCUT2D eigenvalue weighted by atomic mass is 16.5. The first-order valence-electron chi connectivity index (χ1n) is 12.1. The summed E-state index contributed by atoms with van der Waals surface area (Å²) in [5.74, 6) is 0.0165. The second-order valence-corrected chi connectivity index (χ2v) is 9.49. The molecular weight excluding hydrogens is 448 g/mol. The minimum absolute atomic E-state index is 0.0165. The van der Waals surface area contributed by atoms with E-state index in [0.29, 0.717) is 39.3 Å². The van der Waals surface area contributed by atoms with E-state index in [4.69, 9.17) is 9.84 Å². The number of hydrogen-bond acceptors (Lipinski definition) is 5. The average Bonchev–Trinajstić information content (AvgIpc) is 3.47. The molecule has 1 aromatic carbocycles. The van der Waals surface area contributed by atoms with Gasteiger partial charge in [0.25, 0.3) is 0 Å². The van der Waals surface area contributed by atoms with Crippen molar-refractivity contribution in [1.82, 2.24) is 24.5 Å². The maximum Gasteiger partial charge on any atom is 0.407 e. The Morgan fingerprint density at radius 1 is 1.17 bits per heavy atom. The predicted molar refractivity (Wildman–Crippen MR) is 127 cm³/mol. The van der Waals surface area contributed by atoms with Gasteiger partial charge in [-0.3, -0.25) is 14.2 Å². The molecule has 0 spiro atoms. The number of anilines is 1. The molecule has 1 saturated heterocycles. The number of nitrogens with zero attached hydrogens (tertiary/aromatic N) is 6. The zero-order valence-corrected chi connectivity index (χ0v) is 19.7. The topological polar surface area (TPSA) is 106 Å². The summed E-state index contributed by atoms with van der Waals surface area (Å²) in [6, 6.07) is 6.32. The van der Waals surface area contributed by atoms with E-state index >= 15 is 0 Å². The monoisotopic (exact) mass is 476 g/mol. The van der Waals surface area contributed by atoms with E-state index in [1.807, 2.05) is 25.4 Å². The lowest BCUT2D eigenvalue weighted by molar-refractivity contribution is -0.118. The van der Waals surface area contributed by atoms with Gasteiger partial charge in [-0.05, 0) is 24.0 Å². The van der Waals surface area contributed by atoms with Crippen molar-refractivity contribution in [3.8, 4) is 11.3 Å². The smallest absolute Gasteiger partial charge is 0.407 e. The number of ether oxygens (including phenoxy) is 1. The second kappa shape index (κ2) is 8.53. The van der Waals surface area contributed by atoms with Crippen LogP contribution < -0.4 is 4.90 Å². The number of carbonyl (C=O) groups is 2. The van der Waals surface area contributed by atoms with Gasteiger partial charge < -0.3 is 19.6 Å². The van der Waals surface area contributed by atoms with E-state index in [2.05, 4.69) is 15.8 Å². The summed E-state index contributed by atoms with van der Waals surface area (Å²) in [5, 5.41) is 19.0. The number of aryl methyl sites for hydroxylation is 1. The molecule has 5 heterocycles. The molecule has 0 unspecified atom stereocenters. The van der Waals surface area contributed by atoms with Gasteiger partial charge in [0, 0.05) is 56.2 Å². The summed E-state index contributed by atoms with van der Waals surface area (Å²) in [6.07, 6.45) is 5.32. The molecular formula is C25H28N6O4. The van der Waals surface area contributed by atoms with Crippen molar-refractivity contribution in [1.29, 1.82) is 0 Å². The molecule has 2 amide bonds. The Morgan fingerprint density at radius 3 is 2.74 bits per heavy atom. The lowest BCUT2D eigenvalue weighted by atomic mass is 9.90. The molecule has 6 rings (SSSR count). The maximum atomic E-state index is 13.2. The van der Waals surface area contributed by atoms with Crippen molar-refractivity contribution >= 4 is 17.7 Å². The number of aromatic nitrogens is 4. The van der Waals surface area contributed by atoms with Crippen LogP contribution in [-0.4, -0.2) is 61.3 Å². The molecule has 35 heavy (non-hydrogen) atoms. The average molecular weight is 477 g/mol. The van der Waals surface area contributed by atoms with E-state index in [9.17, 15) is 14.7 Å². The molecule has 0 radical (unpaired) electrons. The van der Waals surface area contributed by atoms with E-state index in [1.165, 1.54) is 4.90 Å². The lowest BCUT2D eigenvalue weighted by Gasteiger charge is -2.29. The summed E-state index contributed by atoms with van der Waals surface area (Å²) >= 11 is 0. The molecule has 0 saturated carbocycles. The summed E-state index contributed by atoms with van der Waals surface area (Å²) in [6.45, 7) is 2.65. The largest absolute Gasteiger partial charge is 0.465 e. The van der Waals surface area contributed by atoms with Gasteiger partial charge in [0.05, 0.1) is 43.1 Å². The maximum absolute atomic E-state index is 13.2. The standard InChI is InChI=1S/C25H28N6O4/c1-28-14-18(12-26-28)30-13-16-3-2-4-19(20(16)11-23(30)32)24-21-15-29(25(33)34)8-5-22(21)31(27-24)17-6-9-35-10-7-17/h2-4,12,14,17H,5-11,13,15H2,1H3,(H,33,34). The molecule has 3 aliphatic rings. The van der Waals surface area contributed by atoms with E-state index in [-0.39, 0.29) is 18.4 Å². The molecule has 3 aromatic rings. The zero-order valence-electron chi connectivity index (χ0n) is 19.7. The third-order valence-electron chi connectivity index (χ3n) is 7.38. The highest BCUT2D eigenvalue weighted by Crippen LogP contribution is 2.38. The van der Waals surface area contributed by atoms with Crippen LogP contribution in [0.15, 0.2) is 30.6 Å². The minimum Gasteiger partial charge on any atom is -0.465 e. The molecule has 0 atom stereocenters. The van der Waals surface area contributed by atoms with Crippen molar-refractivity contribution in [2.45, 2.75) is 44.8 Å². The van der Waals surface area contributed by atoms with E-state index in [1.54, 1.807) is 15.8 Å². The Hall–Kier alpha value is -3.66. The minimum atomic E-state index is -0.919. The highest BCUT2D eigenvalue weighted by molar-refractivity contribution is 5.97. The van der Waals surface area contributed by atoms with Crippen LogP contribution >= 0.6 is 0 Å². The zero-order chi connectivity index (χ0) is 24.1. The van der Waals surface area contributed by atoms with E-state index in [0.717, 1.165) is 52.2 Å². The van der Waals surface area contributed by atoms with E-state index < -0.39 is 6.09 Å². The first-order valence-corrected chi connectivity index (χ1v) is 12.1. The number of rotatable bonds is 3. The number of amides is 2. The first-order chi connectivity index (χ1) is 17.0. The number of hydrogen-bond donors (Lipinski definition) is 1. The van der Waals surface area contributed by atoms with Gasteiger partial charge in [0.15, 0.2) is 0 Å². The third kappa shape index (κ3) is 3.78. The molecule has 2 aromatic heterocycles. The lowest BCUT2D eigenvalue weighted by Crippen LogP contribution is -2.36. The second-order valence-electron chi connectivity index (χ2n) is 9.49. The Morgan fingerprint density at radius 2 is 2.00 bits per heavy atom. The van der Waals surface area contributed by atoms with Crippen molar-refractivity contribution in [2.24, 2.45) is 7.05 Å². The third-order valence-corrected chi connectivity index (χ3v) is 7.38. The fraction of sp³-hybridized carbons (Fsp3) is 0.440. The predicted octanol–water partition coefficient (Wildman–Crippen LogP) is 2.76. The van der Waals surface area contributed by atoms with Crippen molar-refractivity contribution < 1.29 is 19.4 Å². The molecule has 1 fully saturated rings. The molecule has 182 valence electrons. The Bertz CT molecular complexity index is 1310. The van der Waals surface area contributed by atoms with Crippen molar-refractivity contribution in [2.75, 3.05) is 24.7 Å². The van der Waals surface area contributed by atoms with Crippen LogP contribution in [0.25, 0.3) is 11.3 Å². The molecule has 0 aliphatic carbocycles. The van der Waals surface area contributed by atoms with Crippen LogP contribution in [0.1, 0.15) is 41.3 Å². The van der Waals surface area contributed by atoms with Crippen LogP contribution in [0.4, 0.5) is 10.5 Å². The number of carboxylic acid groups (broad SMARTS) is 1.